The number of amides is 1. The van der Waals surface area contributed by atoms with Crippen molar-refractivity contribution in [2.24, 2.45) is 0 Å². The Morgan fingerprint density at radius 3 is 2.90 bits per heavy atom. The molecule has 1 unspecified atom stereocenters. The highest BCUT2D eigenvalue weighted by molar-refractivity contribution is 5.99. The molecule has 0 aliphatic rings. The molecule has 0 bridgehead atoms. The minimum absolute atomic E-state index is 0.0812. The predicted molar refractivity (Wildman–Crippen MR) is 84.4 cm³/mol. The van der Waals surface area contributed by atoms with Gasteiger partial charge in [-0.3, -0.25) is 9.89 Å². The Hall–Kier alpha value is -2.30. The van der Waals surface area contributed by atoms with E-state index in [9.17, 15) is 4.79 Å². The second kappa shape index (κ2) is 6.92. The fraction of sp³-hybridized carbons (Fsp3) is 0.375. The van der Waals surface area contributed by atoms with Gasteiger partial charge in [-0.2, -0.15) is 5.10 Å². The molecule has 2 rings (SSSR count). The quantitative estimate of drug-likeness (QED) is 0.764. The van der Waals surface area contributed by atoms with Crippen LogP contribution in [0.5, 0.6) is 0 Å². The number of anilines is 1. The molecule has 21 heavy (non-hydrogen) atoms. The van der Waals surface area contributed by atoms with Crippen molar-refractivity contribution in [1.82, 2.24) is 15.5 Å². The van der Waals surface area contributed by atoms with Crippen LogP contribution in [0.15, 0.2) is 30.6 Å². The first-order valence-corrected chi connectivity index (χ1v) is 7.26. The van der Waals surface area contributed by atoms with Crippen LogP contribution in [0.4, 0.5) is 5.69 Å². The third kappa shape index (κ3) is 3.84. The summed E-state index contributed by atoms with van der Waals surface area (Å²) in [5, 5.41) is 13.0. The van der Waals surface area contributed by atoms with Crippen LogP contribution in [0.1, 0.15) is 47.8 Å². The number of aromatic nitrogens is 2. The number of hydrogen-bond acceptors (Lipinski definition) is 3. The van der Waals surface area contributed by atoms with Crippen LogP contribution in [-0.4, -0.2) is 22.6 Å². The van der Waals surface area contributed by atoms with Gasteiger partial charge in [-0.1, -0.05) is 13.0 Å². The van der Waals surface area contributed by atoms with Crippen LogP contribution >= 0.6 is 0 Å². The topological polar surface area (TPSA) is 69.8 Å². The van der Waals surface area contributed by atoms with E-state index in [4.69, 9.17) is 0 Å². The summed E-state index contributed by atoms with van der Waals surface area (Å²) in [4.78, 5) is 12.5. The highest BCUT2D eigenvalue weighted by Gasteiger charge is 2.15. The number of carbonyl (C=O) groups is 1. The van der Waals surface area contributed by atoms with Gasteiger partial charge in [0.25, 0.3) is 5.91 Å². The smallest absolute Gasteiger partial charge is 0.253 e. The summed E-state index contributed by atoms with van der Waals surface area (Å²) in [6.07, 6.45) is 4.52. The van der Waals surface area contributed by atoms with Gasteiger partial charge in [0.1, 0.15) is 0 Å². The molecule has 5 nitrogen and oxygen atoms in total. The van der Waals surface area contributed by atoms with E-state index in [2.05, 4.69) is 27.8 Å². The SMILES string of the molecule is CCCNc1cc(C)ccc1C(=O)NC(C)c1cn[nH]c1. The normalized spacial score (nSPS) is 12.0. The fourth-order valence-corrected chi connectivity index (χ4v) is 2.12. The Bertz CT molecular complexity index is 592. The molecule has 112 valence electrons. The molecule has 0 spiro atoms. The van der Waals surface area contributed by atoms with Crippen molar-refractivity contribution in [3.05, 3.63) is 47.3 Å². The molecule has 2 aromatic rings. The number of benzene rings is 1. The van der Waals surface area contributed by atoms with Crippen molar-refractivity contribution >= 4 is 11.6 Å². The Balaban J connectivity index is 2.14. The van der Waals surface area contributed by atoms with Gasteiger partial charge < -0.3 is 10.6 Å². The van der Waals surface area contributed by atoms with E-state index in [0.717, 1.165) is 29.8 Å². The third-order valence-corrected chi connectivity index (χ3v) is 3.35. The van der Waals surface area contributed by atoms with Crippen LogP contribution in [0.3, 0.4) is 0 Å². The number of carbonyl (C=O) groups excluding carboxylic acids is 1. The molecule has 0 aliphatic carbocycles. The zero-order chi connectivity index (χ0) is 15.2. The summed E-state index contributed by atoms with van der Waals surface area (Å²) in [6.45, 7) is 6.91. The van der Waals surface area contributed by atoms with Crippen LogP contribution in [0.25, 0.3) is 0 Å². The second-order valence-electron chi connectivity index (χ2n) is 5.20. The van der Waals surface area contributed by atoms with Gasteiger partial charge in [-0.15, -0.1) is 0 Å². The highest BCUT2D eigenvalue weighted by atomic mass is 16.1. The van der Waals surface area contributed by atoms with Gasteiger partial charge in [0.05, 0.1) is 17.8 Å². The van der Waals surface area contributed by atoms with Crippen LogP contribution in [0, 0.1) is 6.92 Å². The molecule has 0 saturated carbocycles. The number of H-pyrrole nitrogens is 1. The molecule has 1 amide bonds. The molecule has 5 heteroatoms. The van der Waals surface area contributed by atoms with Crippen molar-refractivity contribution in [2.45, 2.75) is 33.2 Å². The van der Waals surface area contributed by atoms with Gasteiger partial charge in [0.15, 0.2) is 0 Å². The summed E-state index contributed by atoms with van der Waals surface area (Å²) in [5.41, 5.74) is 3.64. The summed E-state index contributed by atoms with van der Waals surface area (Å²) in [7, 11) is 0. The predicted octanol–water partition coefficient (Wildman–Crippen LogP) is 3.03. The van der Waals surface area contributed by atoms with Crippen LogP contribution < -0.4 is 10.6 Å². The maximum atomic E-state index is 12.5. The van der Waals surface area contributed by atoms with Gasteiger partial charge in [0, 0.05) is 24.0 Å². The molecule has 1 heterocycles. The van der Waals surface area contributed by atoms with E-state index in [1.807, 2.05) is 32.0 Å². The first-order valence-electron chi connectivity index (χ1n) is 7.26. The molecule has 0 radical (unpaired) electrons. The Morgan fingerprint density at radius 2 is 2.24 bits per heavy atom. The van der Waals surface area contributed by atoms with Crippen LogP contribution in [0.2, 0.25) is 0 Å². The lowest BCUT2D eigenvalue weighted by molar-refractivity contribution is 0.0940. The van der Waals surface area contributed by atoms with E-state index >= 15 is 0 Å². The number of nitrogens with one attached hydrogen (secondary N) is 3. The molecule has 0 aliphatic heterocycles. The Morgan fingerprint density at radius 1 is 1.43 bits per heavy atom. The van der Waals surface area contributed by atoms with Crippen molar-refractivity contribution in [3.63, 3.8) is 0 Å². The first-order chi connectivity index (χ1) is 10.1. The number of nitrogens with zero attached hydrogens (tertiary/aromatic N) is 1. The standard InChI is InChI=1S/C16H22N4O/c1-4-7-17-15-8-11(2)5-6-14(15)16(21)20-12(3)13-9-18-19-10-13/h5-6,8-10,12,17H,4,7H2,1-3H3,(H,18,19)(H,20,21). The van der Waals surface area contributed by atoms with E-state index < -0.39 is 0 Å². The third-order valence-electron chi connectivity index (χ3n) is 3.35. The Labute approximate surface area is 125 Å². The molecular formula is C16H22N4O. The summed E-state index contributed by atoms with van der Waals surface area (Å²) in [5.74, 6) is -0.0812. The molecular weight excluding hydrogens is 264 g/mol. The van der Waals surface area contributed by atoms with Gasteiger partial charge in [-0.25, -0.2) is 0 Å². The Kier molecular flexibility index (Phi) is 4.98. The fourth-order valence-electron chi connectivity index (χ4n) is 2.12. The molecule has 0 saturated heterocycles. The molecule has 1 aromatic heterocycles. The van der Waals surface area contributed by atoms with E-state index in [-0.39, 0.29) is 11.9 Å². The minimum atomic E-state index is -0.0865. The monoisotopic (exact) mass is 286 g/mol. The molecule has 1 atom stereocenters. The van der Waals surface area contributed by atoms with Crippen molar-refractivity contribution in [3.8, 4) is 0 Å². The van der Waals surface area contributed by atoms with Crippen LogP contribution in [-0.2, 0) is 0 Å². The largest absolute Gasteiger partial charge is 0.384 e. The average Bonchev–Trinajstić information content (AvgIpc) is 2.99. The van der Waals surface area contributed by atoms with E-state index in [1.54, 1.807) is 12.4 Å². The molecule has 0 fully saturated rings. The summed E-state index contributed by atoms with van der Waals surface area (Å²) < 4.78 is 0. The summed E-state index contributed by atoms with van der Waals surface area (Å²) in [6, 6.07) is 5.74. The number of rotatable bonds is 6. The lowest BCUT2D eigenvalue weighted by Gasteiger charge is -2.16. The minimum Gasteiger partial charge on any atom is -0.384 e. The van der Waals surface area contributed by atoms with E-state index in [0.29, 0.717) is 5.56 Å². The van der Waals surface area contributed by atoms with E-state index in [1.165, 1.54) is 0 Å². The lowest BCUT2D eigenvalue weighted by atomic mass is 10.1. The number of aromatic amines is 1. The van der Waals surface area contributed by atoms with Crippen molar-refractivity contribution < 1.29 is 4.79 Å². The average molecular weight is 286 g/mol. The van der Waals surface area contributed by atoms with Gasteiger partial charge in [0.2, 0.25) is 0 Å². The first kappa shape index (κ1) is 15.1. The number of aryl methyl sites for hydroxylation is 1. The van der Waals surface area contributed by atoms with Gasteiger partial charge >= 0.3 is 0 Å². The summed E-state index contributed by atoms with van der Waals surface area (Å²) >= 11 is 0. The maximum absolute atomic E-state index is 12.5. The zero-order valence-electron chi connectivity index (χ0n) is 12.7. The lowest BCUT2D eigenvalue weighted by Crippen LogP contribution is -2.27. The van der Waals surface area contributed by atoms with Crippen molar-refractivity contribution in [2.75, 3.05) is 11.9 Å². The molecule has 1 aromatic carbocycles. The van der Waals surface area contributed by atoms with Crippen molar-refractivity contribution in [1.29, 1.82) is 0 Å². The second-order valence-corrected chi connectivity index (χ2v) is 5.20. The zero-order valence-corrected chi connectivity index (χ0v) is 12.7. The molecule has 3 N–H and O–H groups in total. The number of hydrogen-bond donors (Lipinski definition) is 3. The highest BCUT2D eigenvalue weighted by Crippen LogP contribution is 2.19. The maximum Gasteiger partial charge on any atom is 0.253 e. The van der Waals surface area contributed by atoms with Gasteiger partial charge in [-0.05, 0) is 38.0 Å².